The number of sulfonamides is 1. The van der Waals surface area contributed by atoms with E-state index in [4.69, 9.17) is 0 Å². The summed E-state index contributed by atoms with van der Waals surface area (Å²) in [6.45, 7) is 3.72. The van der Waals surface area contributed by atoms with E-state index in [1.165, 1.54) is 22.5 Å². The van der Waals surface area contributed by atoms with Gasteiger partial charge in [0.05, 0.1) is 15.5 Å². The third kappa shape index (κ3) is 6.49. The van der Waals surface area contributed by atoms with Crippen LogP contribution in [0.4, 0.5) is 0 Å². The van der Waals surface area contributed by atoms with Crippen molar-refractivity contribution in [2.24, 2.45) is 0 Å². The molecule has 0 bridgehead atoms. The first-order valence-corrected chi connectivity index (χ1v) is 13.0. The van der Waals surface area contributed by atoms with Crippen LogP contribution >= 0.6 is 0 Å². The molecular weight excluding hydrogens is 442 g/mol. The van der Waals surface area contributed by atoms with E-state index in [1.54, 1.807) is 32.0 Å². The Morgan fingerprint density at radius 2 is 1.61 bits per heavy atom. The van der Waals surface area contributed by atoms with Gasteiger partial charge >= 0.3 is 0 Å². The first kappa shape index (κ1) is 24.8. The number of rotatable bonds is 11. The minimum Gasteiger partial charge on any atom is -0.355 e. The summed E-state index contributed by atoms with van der Waals surface area (Å²) < 4.78 is 52.0. The molecule has 0 fully saturated rings. The Labute approximate surface area is 182 Å². The number of aromatic nitrogens is 1. The Morgan fingerprint density at radius 1 is 0.968 bits per heavy atom. The third-order valence-corrected chi connectivity index (χ3v) is 8.48. The lowest BCUT2D eigenvalue weighted by molar-refractivity contribution is -0.121. The second-order valence-electron chi connectivity index (χ2n) is 6.76. The topological polar surface area (TPSA) is 123 Å². The summed E-state index contributed by atoms with van der Waals surface area (Å²) in [5, 5.41) is 2.56. The van der Waals surface area contributed by atoms with Crippen LogP contribution in [0.25, 0.3) is 0 Å². The number of carbonyl (C=O) groups is 1. The molecule has 0 radical (unpaired) electrons. The summed E-state index contributed by atoms with van der Waals surface area (Å²) in [6.07, 6.45) is 1.35. The molecule has 0 saturated carbocycles. The Morgan fingerprint density at radius 3 is 2.23 bits per heavy atom. The standard InChI is InChI=1S/C20H27N3O6S2/c1-3-23(4-2)31(28,29)18-11-12-20(25)22(15-18)16-19(24)21-13-8-14-30(26,27)17-9-6-5-7-10-17/h5-7,9-12,15H,3-4,8,13-14,16H2,1-2H3,(H,21,24). The van der Waals surface area contributed by atoms with E-state index in [9.17, 15) is 26.4 Å². The highest BCUT2D eigenvalue weighted by molar-refractivity contribution is 7.91. The maximum atomic E-state index is 12.6. The van der Waals surface area contributed by atoms with E-state index in [0.717, 1.165) is 16.8 Å². The lowest BCUT2D eigenvalue weighted by atomic mass is 10.4. The molecule has 0 atom stereocenters. The van der Waals surface area contributed by atoms with Gasteiger partial charge in [-0.3, -0.25) is 9.59 Å². The number of amides is 1. The number of carbonyl (C=O) groups excluding carboxylic acids is 1. The first-order valence-electron chi connectivity index (χ1n) is 9.87. The molecule has 0 spiro atoms. The molecule has 1 N–H and O–H groups in total. The van der Waals surface area contributed by atoms with Gasteiger partial charge in [-0.25, -0.2) is 16.8 Å². The van der Waals surface area contributed by atoms with E-state index < -0.39 is 31.3 Å². The monoisotopic (exact) mass is 469 g/mol. The van der Waals surface area contributed by atoms with Crippen LogP contribution in [0, 0.1) is 0 Å². The normalized spacial score (nSPS) is 12.1. The number of nitrogens with zero attached hydrogens (tertiary/aromatic N) is 2. The zero-order valence-electron chi connectivity index (χ0n) is 17.5. The molecule has 0 aliphatic rings. The molecule has 170 valence electrons. The van der Waals surface area contributed by atoms with Crippen molar-refractivity contribution in [1.29, 1.82) is 0 Å². The van der Waals surface area contributed by atoms with Crippen LogP contribution in [0.3, 0.4) is 0 Å². The molecule has 11 heteroatoms. The molecule has 1 amide bonds. The zero-order chi connectivity index (χ0) is 23.1. The summed E-state index contributed by atoms with van der Waals surface area (Å²) in [5.74, 6) is -0.647. The molecule has 2 aromatic rings. The predicted molar refractivity (Wildman–Crippen MR) is 117 cm³/mol. The Balaban J connectivity index is 1.97. The predicted octanol–water partition coefficient (Wildman–Crippen LogP) is 0.859. The Kier molecular flexibility index (Phi) is 8.54. The first-order chi connectivity index (χ1) is 14.6. The van der Waals surface area contributed by atoms with Crippen LogP contribution in [0.2, 0.25) is 0 Å². The van der Waals surface area contributed by atoms with E-state index in [2.05, 4.69) is 5.32 Å². The summed E-state index contributed by atoms with van der Waals surface area (Å²) in [7, 11) is -7.20. The van der Waals surface area contributed by atoms with Gasteiger partial charge in [-0.2, -0.15) is 4.31 Å². The van der Waals surface area contributed by atoms with E-state index in [-0.39, 0.29) is 48.1 Å². The lowest BCUT2D eigenvalue weighted by Crippen LogP contribution is -2.35. The van der Waals surface area contributed by atoms with Crippen molar-refractivity contribution in [2.45, 2.75) is 36.6 Å². The maximum absolute atomic E-state index is 12.6. The highest BCUT2D eigenvalue weighted by Crippen LogP contribution is 2.13. The molecule has 2 rings (SSSR count). The van der Waals surface area contributed by atoms with Gasteiger partial charge < -0.3 is 9.88 Å². The third-order valence-electron chi connectivity index (χ3n) is 4.63. The molecule has 0 aliphatic carbocycles. The summed E-state index contributed by atoms with van der Waals surface area (Å²) in [4.78, 5) is 24.4. The van der Waals surface area contributed by atoms with Crippen LogP contribution in [0.15, 0.2) is 63.2 Å². The number of nitrogens with one attached hydrogen (secondary N) is 1. The van der Waals surface area contributed by atoms with Crippen molar-refractivity contribution in [3.05, 3.63) is 59.0 Å². The highest BCUT2D eigenvalue weighted by atomic mass is 32.2. The largest absolute Gasteiger partial charge is 0.355 e. The lowest BCUT2D eigenvalue weighted by Gasteiger charge is -2.19. The van der Waals surface area contributed by atoms with Crippen LogP contribution < -0.4 is 10.9 Å². The van der Waals surface area contributed by atoms with Crippen molar-refractivity contribution in [3.8, 4) is 0 Å². The van der Waals surface area contributed by atoms with Crippen LogP contribution in [0.5, 0.6) is 0 Å². The number of benzene rings is 1. The minimum absolute atomic E-state index is 0.0717. The summed E-state index contributed by atoms with van der Waals surface area (Å²) in [6, 6.07) is 10.4. The second kappa shape index (κ2) is 10.7. The second-order valence-corrected chi connectivity index (χ2v) is 10.8. The highest BCUT2D eigenvalue weighted by Gasteiger charge is 2.22. The van der Waals surface area contributed by atoms with E-state index in [0.29, 0.717) is 0 Å². The molecule has 0 saturated heterocycles. The van der Waals surface area contributed by atoms with Gasteiger partial charge in [0, 0.05) is 31.9 Å². The molecule has 9 nitrogen and oxygen atoms in total. The number of sulfone groups is 1. The molecule has 0 unspecified atom stereocenters. The molecule has 1 aromatic carbocycles. The average molecular weight is 470 g/mol. The Hall–Kier alpha value is -2.50. The molecular formula is C20H27N3O6S2. The van der Waals surface area contributed by atoms with Crippen molar-refractivity contribution in [1.82, 2.24) is 14.2 Å². The van der Waals surface area contributed by atoms with Gasteiger partial charge in [0.15, 0.2) is 9.84 Å². The van der Waals surface area contributed by atoms with Crippen LogP contribution in [-0.2, 0) is 31.2 Å². The van der Waals surface area contributed by atoms with Crippen molar-refractivity contribution < 1.29 is 21.6 Å². The Bertz CT molecular complexity index is 1150. The fourth-order valence-electron chi connectivity index (χ4n) is 2.94. The van der Waals surface area contributed by atoms with Gasteiger partial charge in [-0.1, -0.05) is 32.0 Å². The number of hydrogen-bond donors (Lipinski definition) is 1. The zero-order valence-corrected chi connectivity index (χ0v) is 19.2. The number of pyridine rings is 1. The van der Waals surface area contributed by atoms with Crippen molar-refractivity contribution >= 4 is 25.8 Å². The fraction of sp³-hybridized carbons (Fsp3) is 0.400. The summed E-state index contributed by atoms with van der Waals surface area (Å²) >= 11 is 0. The van der Waals surface area contributed by atoms with Crippen LogP contribution in [-0.4, -0.2) is 57.0 Å². The quantitative estimate of drug-likeness (QED) is 0.487. The van der Waals surface area contributed by atoms with Gasteiger partial charge in [-0.05, 0) is 24.6 Å². The van der Waals surface area contributed by atoms with Gasteiger partial charge in [0.1, 0.15) is 6.54 Å². The van der Waals surface area contributed by atoms with Gasteiger partial charge in [-0.15, -0.1) is 0 Å². The fourth-order valence-corrected chi connectivity index (χ4v) is 5.75. The number of hydrogen-bond acceptors (Lipinski definition) is 6. The average Bonchev–Trinajstić information content (AvgIpc) is 2.74. The van der Waals surface area contributed by atoms with Gasteiger partial charge in [0.25, 0.3) is 5.56 Å². The van der Waals surface area contributed by atoms with Gasteiger partial charge in [0.2, 0.25) is 15.9 Å². The van der Waals surface area contributed by atoms with E-state index in [1.807, 2.05) is 0 Å². The molecule has 0 aliphatic heterocycles. The smallest absolute Gasteiger partial charge is 0.251 e. The molecule has 1 heterocycles. The van der Waals surface area contributed by atoms with Crippen LogP contribution in [0.1, 0.15) is 20.3 Å². The SMILES string of the molecule is CCN(CC)S(=O)(=O)c1ccc(=O)n(CC(=O)NCCCS(=O)(=O)c2ccccc2)c1. The minimum atomic E-state index is -3.76. The van der Waals surface area contributed by atoms with Crippen molar-refractivity contribution in [2.75, 3.05) is 25.4 Å². The molecule has 1 aromatic heterocycles. The van der Waals surface area contributed by atoms with E-state index >= 15 is 0 Å². The maximum Gasteiger partial charge on any atom is 0.251 e. The van der Waals surface area contributed by atoms with Crippen molar-refractivity contribution in [3.63, 3.8) is 0 Å². The molecule has 31 heavy (non-hydrogen) atoms. The summed E-state index contributed by atoms with van der Waals surface area (Å²) in [5.41, 5.74) is -0.514.